The number of hydrogen-bond donors (Lipinski definition) is 0. The maximum atomic E-state index is 13.1. The second-order valence-electron chi connectivity index (χ2n) is 6.79. The molecule has 0 bridgehead atoms. The smallest absolute Gasteiger partial charge is 0.311 e. The van der Waals surface area contributed by atoms with E-state index >= 15 is 0 Å². The van der Waals surface area contributed by atoms with Crippen molar-refractivity contribution in [2.75, 3.05) is 11.4 Å². The van der Waals surface area contributed by atoms with Crippen molar-refractivity contribution >= 4 is 22.6 Å². The Morgan fingerprint density at radius 1 is 1.00 bits per heavy atom. The molecular weight excluding hydrogens is 326 g/mol. The fourth-order valence-corrected chi connectivity index (χ4v) is 3.88. The fourth-order valence-electron chi connectivity index (χ4n) is 3.88. The fraction of sp³-hybridized carbons (Fsp3) is 0.333. The topological polar surface area (TPSA) is 47.2 Å². The van der Waals surface area contributed by atoms with Crippen LogP contribution in [0.1, 0.15) is 25.3 Å². The molecule has 0 saturated carbocycles. The predicted molar refractivity (Wildman–Crippen MR) is 104 cm³/mol. The van der Waals surface area contributed by atoms with Gasteiger partial charge in [-0.1, -0.05) is 37.3 Å². The van der Waals surface area contributed by atoms with E-state index in [0.29, 0.717) is 13.1 Å². The molecule has 5 heteroatoms. The second kappa shape index (κ2) is 6.83. The van der Waals surface area contributed by atoms with Gasteiger partial charge in [0.2, 0.25) is 5.91 Å². The van der Waals surface area contributed by atoms with Gasteiger partial charge >= 0.3 is 5.69 Å². The monoisotopic (exact) mass is 349 g/mol. The molecule has 4 rings (SSSR count). The van der Waals surface area contributed by atoms with E-state index in [1.165, 1.54) is 5.56 Å². The number of hydrogen-bond acceptors (Lipinski definition) is 2. The molecule has 1 aliphatic rings. The molecule has 26 heavy (non-hydrogen) atoms. The van der Waals surface area contributed by atoms with Crippen LogP contribution in [0, 0.1) is 0 Å². The zero-order valence-corrected chi connectivity index (χ0v) is 15.0. The Labute approximate surface area is 152 Å². The Hall–Kier alpha value is -2.82. The number of nitrogens with zero attached hydrogens (tertiary/aromatic N) is 3. The standard InChI is InChI=1S/C21H23N3O2/c1-2-13-23-18-11-5-6-12-19(18)24(21(23)26)15-20(25)22-14-7-9-16-8-3-4-10-17(16)22/h3-6,8,10-12H,2,7,9,13-15H2,1H3. The van der Waals surface area contributed by atoms with Crippen molar-refractivity contribution < 1.29 is 4.79 Å². The van der Waals surface area contributed by atoms with Crippen LogP contribution >= 0.6 is 0 Å². The number of fused-ring (bicyclic) bond motifs is 2. The summed E-state index contributed by atoms with van der Waals surface area (Å²) in [6, 6.07) is 15.8. The van der Waals surface area contributed by atoms with Gasteiger partial charge in [0.15, 0.2) is 0 Å². The van der Waals surface area contributed by atoms with Crippen LogP contribution in [0.2, 0.25) is 0 Å². The van der Waals surface area contributed by atoms with Crippen LogP contribution in [0.3, 0.4) is 0 Å². The third-order valence-electron chi connectivity index (χ3n) is 5.08. The Balaban J connectivity index is 1.71. The number of rotatable bonds is 4. The van der Waals surface area contributed by atoms with Crippen LogP contribution in [-0.4, -0.2) is 21.6 Å². The van der Waals surface area contributed by atoms with Crippen molar-refractivity contribution in [3.63, 3.8) is 0 Å². The normalized spacial score (nSPS) is 13.8. The van der Waals surface area contributed by atoms with E-state index in [4.69, 9.17) is 0 Å². The number of para-hydroxylation sites is 3. The largest absolute Gasteiger partial charge is 0.329 e. The van der Waals surface area contributed by atoms with Crippen molar-refractivity contribution in [1.29, 1.82) is 0 Å². The molecule has 1 aromatic heterocycles. The summed E-state index contributed by atoms with van der Waals surface area (Å²) < 4.78 is 3.39. The summed E-state index contributed by atoms with van der Waals surface area (Å²) >= 11 is 0. The van der Waals surface area contributed by atoms with Gasteiger partial charge < -0.3 is 4.90 Å². The van der Waals surface area contributed by atoms with Gasteiger partial charge in [0.25, 0.3) is 0 Å². The maximum Gasteiger partial charge on any atom is 0.329 e. The highest BCUT2D eigenvalue weighted by Crippen LogP contribution is 2.27. The Morgan fingerprint density at radius 3 is 2.46 bits per heavy atom. The summed E-state index contributed by atoms with van der Waals surface area (Å²) in [6.45, 7) is 3.49. The quantitative estimate of drug-likeness (QED) is 0.726. The van der Waals surface area contributed by atoms with E-state index in [1.54, 1.807) is 9.13 Å². The van der Waals surface area contributed by atoms with Crippen molar-refractivity contribution in [3.8, 4) is 0 Å². The Bertz CT molecular complexity index is 1020. The number of imidazole rings is 1. The minimum Gasteiger partial charge on any atom is -0.311 e. The SMILES string of the molecule is CCCn1c(=O)n(CC(=O)N2CCCc3ccccc32)c2ccccc21. The number of aromatic nitrogens is 2. The summed E-state index contributed by atoms with van der Waals surface area (Å²) in [7, 11) is 0. The first kappa shape index (κ1) is 16.6. The summed E-state index contributed by atoms with van der Waals surface area (Å²) in [4.78, 5) is 27.8. The highest BCUT2D eigenvalue weighted by atomic mass is 16.2. The molecule has 0 unspecified atom stereocenters. The van der Waals surface area contributed by atoms with Gasteiger partial charge in [0, 0.05) is 18.8 Å². The van der Waals surface area contributed by atoms with Crippen LogP contribution in [-0.2, 0) is 24.3 Å². The van der Waals surface area contributed by atoms with Crippen LogP contribution < -0.4 is 10.6 Å². The molecule has 0 atom stereocenters. The second-order valence-corrected chi connectivity index (χ2v) is 6.79. The summed E-state index contributed by atoms with van der Waals surface area (Å²) in [5, 5.41) is 0. The van der Waals surface area contributed by atoms with Gasteiger partial charge in [0.1, 0.15) is 6.54 Å². The molecule has 0 fully saturated rings. The molecular formula is C21H23N3O2. The summed E-state index contributed by atoms with van der Waals surface area (Å²) in [5.41, 5.74) is 3.80. The number of aryl methyl sites for hydroxylation is 2. The number of benzene rings is 2. The molecule has 2 heterocycles. The van der Waals surface area contributed by atoms with E-state index < -0.39 is 0 Å². The van der Waals surface area contributed by atoms with Crippen LogP contribution in [0.4, 0.5) is 5.69 Å². The van der Waals surface area contributed by atoms with Crippen molar-refractivity contribution in [1.82, 2.24) is 9.13 Å². The van der Waals surface area contributed by atoms with Gasteiger partial charge in [-0.2, -0.15) is 0 Å². The minimum atomic E-state index is -0.105. The van der Waals surface area contributed by atoms with Gasteiger partial charge in [-0.15, -0.1) is 0 Å². The highest BCUT2D eigenvalue weighted by Gasteiger charge is 2.24. The maximum absolute atomic E-state index is 13.1. The van der Waals surface area contributed by atoms with Crippen molar-refractivity contribution in [3.05, 3.63) is 64.6 Å². The van der Waals surface area contributed by atoms with E-state index in [-0.39, 0.29) is 18.1 Å². The third kappa shape index (κ3) is 2.73. The molecule has 1 amide bonds. The van der Waals surface area contributed by atoms with E-state index in [1.807, 2.05) is 54.3 Å². The number of carbonyl (C=O) groups excluding carboxylic acids is 1. The molecule has 0 radical (unpaired) electrons. The van der Waals surface area contributed by atoms with Crippen molar-refractivity contribution in [2.45, 2.75) is 39.3 Å². The molecule has 0 saturated heterocycles. The van der Waals surface area contributed by atoms with E-state index in [2.05, 4.69) is 6.07 Å². The summed E-state index contributed by atoms with van der Waals surface area (Å²) in [5.74, 6) is -0.0290. The van der Waals surface area contributed by atoms with E-state index in [9.17, 15) is 9.59 Å². The van der Waals surface area contributed by atoms with Crippen LogP contribution in [0.15, 0.2) is 53.3 Å². The molecule has 0 aliphatic carbocycles. The lowest BCUT2D eigenvalue weighted by atomic mass is 10.0. The first-order chi connectivity index (χ1) is 12.7. The first-order valence-corrected chi connectivity index (χ1v) is 9.27. The minimum absolute atomic E-state index is 0.0290. The van der Waals surface area contributed by atoms with Crippen LogP contribution in [0.25, 0.3) is 11.0 Å². The lowest BCUT2D eigenvalue weighted by Crippen LogP contribution is -2.39. The van der Waals surface area contributed by atoms with E-state index in [0.717, 1.165) is 36.0 Å². The molecule has 5 nitrogen and oxygen atoms in total. The van der Waals surface area contributed by atoms with Crippen molar-refractivity contribution in [2.24, 2.45) is 0 Å². The summed E-state index contributed by atoms with van der Waals surface area (Å²) in [6.07, 6.45) is 2.83. The number of anilines is 1. The van der Waals surface area contributed by atoms with Gasteiger partial charge in [0.05, 0.1) is 11.0 Å². The predicted octanol–water partition coefficient (Wildman–Crippen LogP) is 3.19. The Morgan fingerprint density at radius 2 is 1.69 bits per heavy atom. The molecule has 0 N–H and O–H groups in total. The average Bonchev–Trinajstić information content (AvgIpc) is 2.94. The van der Waals surface area contributed by atoms with Gasteiger partial charge in [-0.05, 0) is 43.0 Å². The zero-order chi connectivity index (χ0) is 18.1. The molecule has 2 aromatic carbocycles. The molecule has 134 valence electrons. The first-order valence-electron chi connectivity index (χ1n) is 9.27. The average molecular weight is 349 g/mol. The number of carbonyl (C=O) groups is 1. The third-order valence-corrected chi connectivity index (χ3v) is 5.08. The van der Waals surface area contributed by atoms with Gasteiger partial charge in [-0.3, -0.25) is 13.9 Å². The Kier molecular flexibility index (Phi) is 4.37. The molecule has 3 aromatic rings. The zero-order valence-electron chi connectivity index (χ0n) is 15.0. The lowest BCUT2D eigenvalue weighted by Gasteiger charge is -2.29. The molecule has 0 spiro atoms. The lowest BCUT2D eigenvalue weighted by molar-refractivity contribution is -0.119. The number of amides is 1. The highest BCUT2D eigenvalue weighted by molar-refractivity contribution is 5.95. The molecule has 1 aliphatic heterocycles. The van der Waals surface area contributed by atoms with Crippen LogP contribution in [0.5, 0.6) is 0 Å². The van der Waals surface area contributed by atoms with Gasteiger partial charge in [-0.25, -0.2) is 4.79 Å².